The highest BCUT2D eigenvalue weighted by molar-refractivity contribution is 7.90. The number of nitrogens with zero attached hydrogens (tertiary/aromatic N) is 4. The minimum Gasteiger partial charge on any atom is -0.340 e. The van der Waals surface area contributed by atoms with Gasteiger partial charge in [0.15, 0.2) is 0 Å². The number of aliphatic imine (C=N–C) groups is 1. The van der Waals surface area contributed by atoms with E-state index in [1.54, 1.807) is 24.3 Å². The van der Waals surface area contributed by atoms with Crippen LogP contribution in [0.5, 0.6) is 0 Å². The smallest absolute Gasteiger partial charge is 0.263 e. The summed E-state index contributed by atoms with van der Waals surface area (Å²) >= 11 is 0. The van der Waals surface area contributed by atoms with Crippen LogP contribution in [0.2, 0.25) is 0 Å². The number of carbonyl (C=O) groups excluding carboxylic acids is 1. The summed E-state index contributed by atoms with van der Waals surface area (Å²) in [6.45, 7) is 7.61. The Hall–Kier alpha value is -3.22. The van der Waals surface area contributed by atoms with Gasteiger partial charge in [-0.25, -0.2) is 8.42 Å². The molecular weight excluding hydrogens is 462 g/mol. The van der Waals surface area contributed by atoms with Crippen LogP contribution in [0.25, 0.3) is 0 Å². The molecule has 1 saturated heterocycles. The lowest BCUT2D eigenvalue weighted by Gasteiger charge is -2.27. The molecule has 0 radical (unpaired) electrons. The number of carbonyl (C=O) groups is 1. The van der Waals surface area contributed by atoms with Crippen LogP contribution in [-0.4, -0.2) is 62.2 Å². The zero-order chi connectivity index (χ0) is 25.0. The molecule has 0 aliphatic carbocycles. The summed E-state index contributed by atoms with van der Waals surface area (Å²) in [5.74, 6) is 0.150. The number of nitriles is 1. The number of amidine groups is 1. The summed E-state index contributed by atoms with van der Waals surface area (Å²) in [4.78, 5) is 22.7. The first kappa shape index (κ1) is 24.9. The summed E-state index contributed by atoms with van der Waals surface area (Å²) in [5, 5.41) is 8.99. The Labute approximate surface area is 207 Å². The van der Waals surface area contributed by atoms with Crippen molar-refractivity contribution in [2.75, 3.05) is 26.2 Å². The van der Waals surface area contributed by atoms with Gasteiger partial charge in [-0.2, -0.15) is 5.26 Å². The van der Waals surface area contributed by atoms with Gasteiger partial charge in [-0.3, -0.25) is 19.4 Å². The van der Waals surface area contributed by atoms with Crippen LogP contribution in [0, 0.1) is 17.2 Å². The van der Waals surface area contributed by atoms with Gasteiger partial charge in [-0.15, -0.1) is 0 Å². The summed E-state index contributed by atoms with van der Waals surface area (Å²) in [5.41, 5.74) is 2.30. The monoisotopic (exact) mass is 493 g/mol. The third-order valence-corrected chi connectivity index (χ3v) is 8.15. The topological polar surface area (TPSA) is 106 Å². The van der Waals surface area contributed by atoms with E-state index in [0.717, 1.165) is 38.0 Å². The fourth-order valence-electron chi connectivity index (χ4n) is 4.50. The molecule has 1 fully saturated rings. The molecule has 0 saturated carbocycles. The Morgan fingerprint density at radius 2 is 1.86 bits per heavy atom. The first-order valence-corrected chi connectivity index (χ1v) is 13.5. The van der Waals surface area contributed by atoms with Gasteiger partial charge in [0, 0.05) is 38.3 Å². The van der Waals surface area contributed by atoms with Crippen molar-refractivity contribution in [1.82, 2.24) is 14.5 Å². The number of nitrogens with one attached hydrogen (secondary N) is 1. The van der Waals surface area contributed by atoms with E-state index in [0.29, 0.717) is 24.2 Å². The second kappa shape index (κ2) is 10.6. The van der Waals surface area contributed by atoms with Crippen LogP contribution < -0.4 is 4.72 Å². The molecule has 2 aromatic carbocycles. The van der Waals surface area contributed by atoms with E-state index in [4.69, 9.17) is 5.26 Å². The van der Waals surface area contributed by atoms with Gasteiger partial charge in [0.05, 0.1) is 16.5 Å². The van der Waals surface area contributed by atoms with Crippen molar-refractivity contribution in [2.24, 2.45) is 10.9 Å². The van der Waals surface area contributed by atoms with Gasteiger partial charge in [0.25, 0.3) is 10.0 Å². The lowest BCUT2D eigenvalue weighted by molar-refractivity contribution is -0.133. The van der Waals surface area contributed by atoms with E-state index in [2.05, 4.69) is 20.7 Å². The highest BCUT2D eigenvalue weighted by Gasteiger charge is 2.34. The Morgan fingerprint density at radius 1 is 1.11 bits per heavy atom. The maximum Gasteiger partial charge on any atom is 0.263 e. The summed E-state index contributed by atoms with van der Waals surface area (Å²) in [6, 6.07) is 15.8. The molecule has 0 unspecified atom stereocenters. The van der Waals surface area contributed by atoms with E-state index in [1.807, 2.05) is 43.0 Å². The van der Waals surface area contributed by atoms with Crippen molar-refractivity contribution < 1.29 is 13.2 Å². The Morgan fingerprint density at radius 3 is 2.57 bits per heavy atom. The van der Waals surface area contributed by atoms with E-state index < -0.39 is 16.1 Å². The van der Waals surface area contributed by atoms with Crippen molar-refractivity contribution in [1.29, 1.82) is 5.26 Å². The molecular formula is C26H31N5O3S. The zero-order valence-electron chi connectivity index (χ0n) is 20.1. The lowest BCUT2D eigenvalue weighted by atomic mass is 9.98. The molecule has 1 N–H and O–H groups in total. The number of amides is 1. The average Bonchev–Trinajstić information content (AvgIpc) is 2.99. The molecule has 2 aliphatic heterocycles. The van der Waals surface area contributed by atoms with Gasteiger partial charge >= 0.3 is 0 Å². The molecule has 2 heterocycles. The number of rotatable bonds is 6. The van der Waals surface area contributed by atoms with E-state index in [1.165, 1.54) is 0 Å². The molecule has 35 heavy (non-hydrogen) atoms. The van der Waals surface area contributed by atoms with Crippen molar-refractivity contribution in [3.8, 4) is 6.07 Å². The second-order valence-corrected chi connectivity index (χ2v) is 10.8. The summed E-state index contributed by atoms with van der Waals surface area (Å²) in [6.07, 6.45) is 1.60. The largest absolute Gasteiger partial charge is 0.340 e. The number of hydrogen-bond acceptors (Lipinski definition) is 6. The predicted molar refractivity (Wildman–Crippen MR) is 134 cm³/mol. The van der Waals surface area contributed by atoms with Gasteiger partial charge < -0.3 is 4.90 Å². The molecule has 1 amide bonds. The van der Waals surface area contributed by atoms with Gasteiger partial charge in [-0.1, -0.05) is 44.5 Å². The molecule has 2 aliphatic rings. The van der Waals surface area contributed by atoms with Crippen LogP contribution in [0.1, 0.15) is 43.4 Å². The molecule has 0 bridgehead atoms. The predicted octanol–water partition coefficient (Wildman–Crippen LogP) is 2.75. The third-order valence-electron chi connectivity index (χ3n) is 6.76. The zero-order valence-corrected chi connectivity index (χ0v) is 21.0. The fourth-order valence-corrected chi connectivity index (χ4v) is 5.74. The highest BCUT2D eigenvalue weighted by atomic mass is 32.2. The van der Waals surface area contributed by atoms with Crippen molar-refractivity contribution in [3.63, 3.8) is 0 Å². The Bertz CT molecular complexity index is 1250. The van der Waals surface area contributed by atoms with Crippen molar-refractivity contribution in [2.45, 2.75) is 44.2 Å². The van der Waals surface area contributed by atoms with Gasteiger partial charge in [-0.05, 0) is 42.2 Å². The normalized spacial score (nSPS) is 20.4. The molecule has 184 valence electrons. The molecule has 2 aromatic rings. The van der Waals surface area contributed by atoms with Gasteiger partial charge in [0.1, 0.15) is 11.9 Å². The molecule has 9 heteroatoms. The second-order valence-electron chi connectivity index (χ2n) is 9.17. The molecule has 8 nitrogen and oxygen atoms in total. The number of hydrogen-bond donors (Lipinski definition) is 1. The Kier molecular flexibility index (Phi) is 7.53. The fraction of sp³-hybridized carbons (Fsp3) is 0.423. The van der Waals surface area contributed by atoms with Crippen LogP contribution in [0.4, 0.5) is 0 Å². The first-order chi connectivity index (χ1) is 16.8. The van der Waals surface area contributed by atoms with Crippen LogP contribution >= 0.6 is 0 Å². The minimum atomic E-state index is -3.66. The van der Waals surface area contributed by atoms with E-state index in [9.17, 15) is 13.2 Å². The third kappa shape index (κ3) is 5.55. The van der Waals surface area contributed by atoms with Crippen LogP contribution in [-0.2, 0) is 21.4 Å². The summed E-state index contributed by atoms with van der Waals surface area (Å²) in [7, 11) is -3.66. The number of sulfonamides is 1. The van der Waals surface area contributed by atoms with E-state index in [-0.39, 0.29) is 22.6 Å². The summed E-state index contributed by atoms with van der Waals surface area (Å²) < 4.78 is 27.6. The number of benzene rings is 2. The molecule has 0 spiro atoms. The minimum absolute atomic E-state index is 0.0368. The Balaban J connectivity index is 1.49. The standard InChI is InChI=1S/C26H31N5O3S/c1-3-19(2)24(28-25-22-7-4-5-8-23(22)35(33,34)29-25)26(32)31-14-6-13-30(15-16-31)18-21-11-9-20(17-27)10-12-21/h4-5,7-12,19,24H,3,6,13-16,18H2,1-2H3,(H,28,29)/t19-,24-/m0/s1. The SMILES string of the molecule is CC[C@H](C)[C@H](N=C1NS(=O)(=O)c2ccccc21)C(=O)N1CCCN(Cc2ccc(C#N)cc2)CC1. The molecule has 4 rings (SSSR count). The first-order valence-electron chi connectivity index (χ1n) is 12.0. The van der Waals surface area contributed by atoms with Gasteiger partial charge in [0.2, 0.25) is 5.91 Å². The maximum absolute atomic E-state index is 13.6. The quantitative estimate of drug-likeness (QED) is 0.666. The molecule has 2 atom stereocenters. The molecule has 0 aromatic heterocycles. The average molecular weight is 494 g/mol. The van der Waals surface area contributed by atoms with Crippen molar-refractivity contribution >= 4 is 21.8 Å². The lowest BCUT2D eigenvalue weighted by Crippen LogP contribution is -2.44. The highest BCUT2D eigenvalue weighted by Crippen LogP contribution is 2.25. The number of fused-ring (bicyclic) bond motifs is 1. The van der Waals surface area contributed by atoms with Crippen molar-refractivity contribution in [3.05, 3.63) is 65.2 Å². The van der Waals surface area contributed by atoms with Crippen LogP contribution in [0.15, 0.2) is 58.4 Å². The van der Waals surface area contributed by atoms with Crippen LogP contribution in [0.3, 0.4) is 0 Å². The maximum atomic E-state index is 13.6. The van der Waals surface area contributed by atoms with E-state index >= 15 is 0 Å².